The number of urea groups is 1. The van der Waals surface area contributed by atoms with Crippen LogP contribution in [0.4, 0.5) is 23.7 Å². The van der Waals surface area contributed by atoms with Gasteiger partial charge in [-0.1, -0.05) is 36.4 Å². The molecule has 2 amide bonds. The van der Waals surface area contributed by atoms with Crippen LogP contribution in [0.2, 0.25) is 0 Å². The highest BCUT2D eigenvalue weighted by atomic mass is 19.4. The quantitative estimate of drug-likeness (QED) is 0.725. The molecule has 2 aromatic carbocycles. The number of amides is 2. The zero-order chi connectivity index (χ0) is 19.9. The summed E-state index contributed by atoms with van der Waals surface area (Å²) in [7, 11) is 3.45. The first-order valence-corrected chi connectivity index (χ1v) is 8.69. The lowest BCUT2D eigenvalue weighted by atomic mass is 10.1. The van der Waals surface area contributed by atoms with Crippen LogP contribution in [0, 0.1) is 0 Å². The summed E-state index contributed by atoms with van der Waals surface area (Å²) in [5.74, 6) is 0. The van der Waals surface area contributed by atoms with E-state index in [2.05, 4.69) is 10.2 Å². The van der Waals surface area contributed by atoms with Crippen molar-refractivity contribution in [1.82, 2.24) is 10.2 Å². The molecule has 27 heavy (non-hydrogen) atoms. The minimum Gasteiger partial charge on any atom is -0.375 e. The van der Waals surface area contributed by atoms with Gasteiger partial charge in [-0.3, -0.25) is 0 Å². The largest absolute Gasteiger partial charge is 0.416 e. The van der Waals surface area contributed by atoms with Crippen LogP contribution in [-0.4, -0.2) is 38.1 Å². The van der Waals surface area contributed by atoms with Gasteiger partial charge in [-0.2, -0.15) is 13.2 Å². The predicted molar refractivity (Wildman–Crippen MR) is 101 cm³/mol. The average Bonchev–Trinajstić information content (AvgIpc) is 2.65. The van der Waals surface area contributed by atoms with Gasteiger partial charge in [0.2, 0.25) is 0 Å². The van der Waals surface area contributed by atoms with Crippen molar-refractivity contribution in [2.45, 2.75) is 19.1 Å². The van der Waals surface area contributed by atoms with Gasteiger partial charge in [-0.25, -0.2) is 4.79 Å². The third kappa shape index (κ3) is 6.20. The number of nitrogens with one attached hydrogen (secondary N) is 1. The van der Waals surface area contributed by atoms with E-state index in [0.29, 0.717) is 6.54 Å². The molecule has 2 rings (SSSR count). The second-order valence-corrected chi connectivity index (χ2v) is 6.35. The molecule has 0 aliphatic rings. The fourth-order valence-electron chi connectivity index (χ4n) is 2.72. The summed E-state index contributed by atoms with van der Waals surface area (Å²) in [5.41, 5.74) is 0.449. The van der Waals surface area contributed by atoms with Crippen LogP contribution >= 0.6 is 0 Å². The maximum Gasteiger partial charge on any atom is 0.416 e. The molecule has 0 aromatic heterocycles. The van der Waals surface area contributed by atoms with Crippen molar-refractivity contribution in [2.24, 2.45) is 0 Å². The fourth-order valence-corrected chi connectivity index (χ4v) is 2.72. The molecule has 4 nitrogen and oxygen atoms in total. The number of carbonyl (C=O) groups excluding carboxylic acids is 1. The smallest absolute Gasteiger partial charge is 0.375 e. The van der Waals surface area contributed by atoms with E-state index in [1.54, 1.807) is 0 Å². The minimum absolute atomic E-state index is 0.0754. The third-order valence-electron chi connectivity index (χ3n) is 4.22. The van der Waals surface area contributed by atoms with Crippen LogP contribution in [0.1, 0.15) is 17.5 Å². The topological polar surface area (TPSA) is 35.6 Å². The highest BCUT2D eigenvalue weighted by molar-refractivity contribution is 5.73. The summed E-state index contributed by atoms with van der Waals surface area (Å²) in [6.45, 7) is 1.09. The van der Waals surface area contributed by atoms with Crippen LogP contribution in [0.15, 0.2) is 54.6 Å². The molecule has 0 aliphatic carbocycles. The van der Waals surface area contributed by atoms with Crippen molar-refractivity contribution in [1.29, 1.82) is 0 Å². The normalized spacial score (nSPS) is 11.1. The van der Waals surface area contributed by atoms with Crippen LogP contribution in [0.25, 0.3) is 0 Å². The molecule has 0 aliphatic heterocycles. The Balaban J connectivity index is 1.80. The molecule has 0 saturated carbocycles. The maximum atomic E-state index is 13.0. The van der Waals surface area contributed by atoms with E-state index in [4.69, 9.17) is 0 Å². The third-order valence-corrected chi connectivity index (χ3v) is 4.22. The van der Waals surface area contributed by atoms with E-state index in [0.717, 1.165) is 24.7 Å². The molecule has 1 N–H and O–H groups in total. The van der Waals surface area contributed by atoms with E-state index in [-0.39, 0.29) is 12.1 Å². The number of hydrogen-bond donors (Lipinski definition) is 1. The molecule has 0 spiro atoms. The van der Waals surface area contributed by atoms with Crippen molar-refractivity contribution in [3.63, 3.8) is 0 Å². The lowest BCUT2D eigenvalue weighted by Crippen LogP contribution is -2.38. The fraction of sp³-hybridized carbons (Fsp3) is 0.350. The first kappa shape index (κ1) is 20.6. The second kappa shape index (κ2) is 9.30. The lowest BCUT2D eigenvalue weighted by Gasteiger charge is -2.22. The molecule has 2 aromatic rings. The van der Waals surface area contributed by atoms with Gasteiger partial charge in [0.05, 0.1) is 5.56 Å². The SMILES string of the molecule is CN(Cc1ccccc1C(F)(F)F)C(=O)NCCCN(C)c1ccccc1. The van der Waals surface area contributed by atoms with Crippen molar-refractivity contribution in [3.05, 3.63) is 65.7 Å². The molecule has 0 saturated heterocycles. The molecule has 0 bridgehead atoms. The number of para-hydroxylation sites is 1. The summed E-state index contributed by atoms with van der Waals surface area (Å²) < 4.78 is 39.1. The van der Waals surface area contributed by atoms with Gasteiger partial charge < -0.3 is 15.1 Å². The monoisotopic (exact) mass is 379 g/mol. The summed E-state index contributed by atoms with van der Waals surface area (Å²) in [6, 6.07) is 14.8. The number of carbonyl (C=O) groups is 1. The number of nitrogens with zero attached hydrogens (tertiary/aromatic N) is 2. The molecule has 0 atom stereocenters. The Labute approximate surface area is 157 Å². The first-order valence-electron chi connectivity index (χ1n) is 8.69. The molecular formula is C20H24F3N3O. The van der Waals surface area contributed by atoms with Crippen LogP contribution < -0.4 is 10.2 Å². The Morgan fingerprint density at radius 2 is 1.63 bits per heavy atom. The van der Waals surface area contributed by atoms with E-state index in [1.807, 2.05) is 37.4 Å². The van der Waals surface area contributed by atoms with Gasteiger partial charge in [0.25, 0.3) is 0 Å². The second-order valence-electron chi connectivity index (χ2n) is 6.35. The van der Waals surface area contributed by atoms with Gasteiger partial charge in [-0.15, -0.1) is 0 Å². The highest BCUT2D eigenvalue weighted by Crippen LogP contribution is 2.32. The molecular weight excluding hydrogens is 355 g/mol. The summed E-state index contributed by atoms with van der Waals surface area (Å²) in [4.78, 5) is 15.5. The number of rotatable bonds is 7. The lowest BCUT2D eigenvalue weighted by molar-refractivity contribution is -0.138. The highest BCUT2D eigenvalue weighted by Gasteiger charge is 2.33. The van der Waals surface area contributed by atoms with Gasteiger partial charge in [0.15, 0.2) is 0 Å². The standard InChI is InChI=1S/C20H24F3N3O/c1-25(17-10-4-3-5-11-17)14-8-13-24-19(27)26(2)15-16-9-6-7-12-18(16)20(21,22)23/h3-7,9-12H,8,13-15H2,1-2H3,(H,24,27). The Bertz CT molecular complexity index is 735. The summed E-state index contributed by atoms with van der Waals surface area (Å²) >= 11 is 0. The Hall–Kier alpha value is -2.70. The average molecular weight is 379 g/mol. The van der Waals surface area contributed by atoms with E-state index < -0.39 is 17.8 Å². The molecule has 0 fully saturated rings. The van der Waals surface area contributed by atoms with Crippen LogP contribution in [0.5, 0.6) is 0 Å². The summed E-state index contributed by atoms with van der Waals surface area (Å²) in [5, 5.41) is 2.75. The van der Waals surface area contributed by atoms with Gasteiger partial charge in [0.1, 0.15) is 0 Å². The number of hydrogen-bond acceptors (Lipinski definition) is 2. The van der Waals surface area contributed by atoms with E-state index >= 15 is 0 Å². The maximum absolute atomic E-state index is 13.0. The number of alkyl halides is 3. The predicted octanol–water partition coefficient (Wildman–Crippen LogP) is 4.37. The van der Waals surface area contributed by atoms with E-state index in [9.17, 15) is 18.0 Å². The van der Waals surface area contributed by atoms with Crippen molar-refractivity contribution in [3.8, 4) is 0 Å². The van der Waals surface area contributed by atoms with Crippen molar-refractivity contribution in [2.75, 3.05) is 32.1 Å². The zero-order valence-electron chi connectivity index (χ0n) is 15.5. The summed E-state index contributed by atoms with van der Waals surface area (Å²) in [6.07, 6.45) is -3.71. The van der Waals surface area contributed by atoms with Crippen LogP contribution in [0.3, 0.4) is 0 Å². The number of anilines is 1. The molecule has 0 heterocycles. The molecule has 0 radical (unpaired) electrons. The van der Waals surface area contributed by atoms with Gasteiger partial charge in [-0.05, 0) is 30.2 Å². The zero-order valence-corrected chi connectivity index (χ0v) is 15.5. The molecule has 0 unspecified atom stereocenters. The Kier molecular flexibility index (Phi) is 7.10. The van der Waals surface area contributed by atoms with Crippen LogP contribution in [-0.2, 0) is 12.7 Å². The van der Waals surface area contributed by atoms with Crippen molar-refractivity contribution >= 4 is 11.7 Å². The first-order chi connectivity index (χ1) is 12.8. The van der Waals surface area contributed by atoms with Crippen molar-refractivity contribution < 1.29 is 18.0 Å². The molecule has 146 valence electrons. The Morgan fingerprint density at radius 3 is 2.30 bits per heavy atom. The Morgan fingerprint density at radius 1 is 1.00 bits per heavy atom. The van der Waals surface area contributed by atoms with E-state index in [1.165, 1.54) is 30.1 Å². The van der Waals surface area contributed by atoms with Gasteiger partial charge in [0, 0.05) is 39.4 Å². The van der Waals surface area contributed by atoms with Gasteiger partial charge >= 0.3 is 12.2 Å². The minimum atomic E-state index is -4.43. The number of halogens is 3. The number of benzene rings is 2. The molecule has 7 heteroatoms.